The molecule has 0 spiro atoms. The highest BCUT2D eigenvalue weighted by molar-refractivity contribution is 5.26. The quantitative estimate of drug-likeness (QED) is 0.436. The summed E-state index contributed by atoms with van der Waals surface area (Å²) in [6.45, 7) is 2.30. The van der Waals surface area contributed by atoms with Gasteiger partial charge in [-0.05, 0) is 42.4 Å². The zero-order valence-electron chi connectivity index (χ0n) is 13.1. The molecule has 0 unspecified atom stereocenters. The van der Waals surface area contributed by atoms with E-state index in [-0.39, 0.29) is 0 Å². The molecular formula is C18H24F4. The van der Waals surface area contributed by atoms with Gasteiger partial charge >= 0.3 is 6.18 Å². The second kappa shape index (κ2) is 7.47. The number of hydrogen-bond donors (Lipinski definition) is 0. The second-order valence-electron chi connectivity index (χ2n) is 6.68. The van der Waals surface area contributed by atoms with Gasteiger partial charge in [-0.25, -0.2) is 4.39 Å². The van der Waals surface area contributed by atoms with Crippen LogP contribution in [0.25, 0.3) is 0 Å². The molecule has 1 fully saturated rings. The van der Waals surface area contributed by atoms with E-state index in [1.54, 1.807) is 0 Å². The molecule has 0 amide bonds. The Balaban J connectivity index is 1.74. The van der Waals surface area contributed by atoms with Crippen molar-refractivity contribution >= 4 is 0 Å². The molecule has 0 aromatic heterocycles. The smallest absolute Gasteiger partial charge is 0.206 e. The first-order valence-electron chi connectivity index (χ1n) is 8.22. The molecule has 1 aliphatic carbocycles. The Kier molecular flexibility index (Phi) is 5.87. The van der Waals surface area contributed by atoms with Gasteiger partial charge in [-0.3, -0.25) is 0 Å². The summed E-state index contributed by atoms with van der Waals surface area (Å²) in [7, 11) is 0. The van der Waals surface area contributed by atoms with Crippen LogP contribution in [0.2, 0.25) is 0 Å². The van der Waals surface area contributed by atoms with Crippen molar-refractivity contribution in [3.63, 3.8) is 0 Å². The van der Waals surface area contributed by atoms with E-state index in [0.717, 1.165) is 36.8 Å². The van der Waals surface area contributed by atoms with Crippen LogP contribution in [0.15, 0.2) is 18.2 Å². The van der Waals surface area contributed by atoms with Crippen molar-refractivity contribution in [2.75, 3.05) is 0 Å². The van der Waals surface area contributed by atoms with Gasteiger partial charge in [0.05, 0.1) is 5.56 Å². The number of aryl methyl sites for hydroxylation is 1. The molecule has 0 aliphatic heterocycles. The third-order valence-corrected chi connectivity index (χ3v) is 4.80. The van der Waals surface area contributed by atoms with Gasteiger partial charge in [0.25, 0.3) is 0 Å². The number of halogens is 4. The van der Waals surface area contributed by atoms with E-state index in [1.165, 1.54) is 38.2 Å². The summed E-state index contributed by atoms with van der Waals surface area (Å²) in [4.78, 5) is 0. The Morgan fingerprint density at radius 1 is 1.05 bits per heavy atom. The Labute approximate surface area is 129 Å². The minimum absolute atomic E-state index is 0.651. The van der Waals surface area contributed by atoms with Gasteiger partial charge in [0.15, 0.2) is 0 Å². The molecule has 1 aromatic rings. The number of alkyl halides is 3. The van der Waals surface area contributed by atoms with Crippen molar-refractivity contribution in [1.82, 2.24) is 0 Å². The number of hydrogen-bond acceptors (Lipinski definition) is 0. The Morgan fingerprint density at radius 3 is 2.32 bits per heavy atom. The topological polar surface area (TPSA) is 0 Å². The molecule has 0 radical (unpaired) electrons. The fraction of sp³-hybridized carbons (Fsp3) is 0.667. The van der Waals surface area contributed by atoms with E-state index >= 15 is 0 Å². The number of unbranched alkanes of at least 4 members (excludes halogenated alkanes) is 1. The summed E-state index contributed by atoms with van der Waals surface area (Å²) in [6, 6.07) is 3.28. The summed E-state index contributed by atoms with van der Waals surface area (Å²) in [5.74, 6) is 0.498. The van der Waals surface area contributed by atoms with E-state index in [9.17, 15) is 17.6 Å². The first-order chi connectivity index (χ1) is 10.4. The van der Waals surface area contributed by atoms with Crippen molar-refractivity contribution in [1.29, 1.82) is 0 Å². The van der Waals surface area contributed by atoms with E-state index in [1.807, 2.05) is 0 Å². The van der Waals surface area contributed by atoms with E-state index in [4.69, 9.17) is 0 Å². The fourth-order valence-corrected chi connectivity index (χ4v) is 3.32. The maximum absolute atomic E-state index is 13.5. The standard InChI is InChI=1S/C18H24F4/c1-13-6-8-14(9-7-13)4-2-3-5-15-10-11-16(17(19)12-15)18(20,21)22/h10-14H,2-9H2,1H3. The highest BCUT2D eigenvalue weighted by Gasteiger charge is 2.33. The van der Waals surface area contributed by atoms with Crippen molar-refractivity contribution in [3.8, 4) is 0 Å². The lowest BCUT2D eigenvalue weighted by Crippen LogP contribution is -2.12. The average molecular weight is 316 g/mol. The molecule has 0 bridgehead atoms. The summed E-state index contributed by atoms with van der Waals surface area (Å²) < 4.78 is 50.9. The van der Waals surface area contributed by atoms with Crippen LogP contribution in [0.3, 0.4) is 0 Å². The molecular weight excluding hydrogens is 292 g/mol. The van der Waals surface area contributed by atoms with Gasteiger partial charge in [0.2, 0.25) is 0 Å². The maximum Gasteiger partial charge on any atom is 0.419 e. The van der Waals surface area contributed by atoms with E-state index in [0.29, 0.717) is 12.0 Å². The molecule has 0 atom stereocenters. The molecule has 1 aromatic carbocycles. The van der Waals surface area contributed by atoms with Crippen molar-refractivity contribution in [2.45, 2.75) is 64.5 Å². The van der Waals surface area contributed by atoms with Crippen LogP contribution in [0.1, 0.15) is 63.0 Å². The average Bonchev–Trinajstić information content (AvgIpc) is 2.44. The minimum atomic E-state index is -4.61. The Hall–Kier alpha value is -1.06. The normalized spacial score (nSPS) is 22.8. The molecule has 0 saturated heterocycles. The zero-order valence-corrected chi connectivity index (χ0v) is 13.1. The third-order valence-electron chi connectivity index (χ3n) is 4.80. The molecule has 1 saturated carbocycles. The molecule has 0 N–H and O–H groups in total. The van der Waals surface area contributed by atoms with Gasteiger partial charge in [-0.1, -0.05) is 51.5 Å². The predicted molar refractivity (Wildman–Crippen MR) is 80.1 cm³/mol. The Bertz CT molecular complexity index is 470. The lowest BCUT2D eigenvalue weighted by molar-refractivity contribution is -0.140. The van der Waals surface area contributed by atoms with Gasteiger partial charge in [0.1, 0.15) is 5.82 Å². The monoisotopic (exact) mass is 316 g/mol. The van der Waals surface area contributed by atoms with Gasteiger partial charge in [-0.2, -0.15) is 13.2 Å². The van der Waals surface area contributed by atoms with Crippen molar-refractivity contribution < 1.29 is 17.6 Å². The van der Waals surface area contributed by atoms with Crippen LogP contribution in [-0.2, 0) is 12.6 Å². The Morgan fingerprint density at radius 2 is 1.73 bits per heavy atom. The molecule has 1 aliphatic rings. The van der Waals surface area contributed by atoms with E-state index < -0.39 is 17.6 Å². The first-order valence-corrected chi connectivity index (χ1v) is 8.22. The minimum Gasteiger partial charge on any atom is -0.206 e. The van der Waals surface area contributed by atoms with E-state index in [2.05, 4.69) is 6.92 Å². The van der Waals surface area contributed by atoms with Gasteiger partial charge in [-0.15, -0.1) is 0 Å². The largest absolute Gasteiger partial charge is 0.419 e. The summed E-state index contributed by atoms with van der Waals surface area (Å²) >= 11 is 0. The summed E-state index contributed by atoms with van der Waals surface area (Å²) in [5, 5.41) is 0. The summed E-state index contributed by atoms with van der Waals surface area (Å²) in [5.41, 5.74) is -0.518. The van der Waals surface area contributed by atoms with Crippen LogP contribution in [-0.4, -0.2) is 0 Å². The lowest BCUT2D eigenvalue weighted by Gasteiger charge is -2.26. The highest BCUT2D eigenvalue weighted by Crippen LogP contribution is 2.33. The van der Waals surface area contributed by atoms with Gasteiger partial charge < -0.3 is 0 Å². The fourth-order valence-electron chi connectivity index (χ4n) is 3.32. The first kappa shape index (κ1) is 17.3. The number of rotatable bonds is 5. The molecule has 0 nitrogen and oxygen atoms in total. The lowest BCUT2D eigenvalue weighted by atomic mass is 9.80. The summed E-state index contributed by atoms with van der Waals surface area (Å²) in [6.07, 6.45) is 4.45. The van der Waals surface area contributed by atoms with Crippen molar-refractivity contribution in [3.05, 3.63) is 35.1 Å². The maximum atomic E-state index is 13.5. The van der Waals surface area contributed by atoms with Crippen LogP contribution < -0.4 is 0 Å². The molecule has 124 valence electrons. The van der Waals surface area contributed by atoms with Crippen LogP contribution in [0.4, 0.5) is 17.6 Å². The zero-order chi connectivity index (χ0) is 16.2. The second-order valence-corrected chi connectivity index (χ2v) is 6.68. The van der Waals surface area contributed by atoms with Crippen molar-refractivity contribution in [2.24, 2.45) is 11.8 Å². The highest BCUT2D eigenvalue weighted by atomic mass is 19.4. The molecule has 0 heterocycles. The SMILES string of the molecule is CC1CCC(CCCCc2ccc(C(F)(F)F)c(F)c2)CC1. The van der Waals surface area contributed by atoms with Crippen LogP contribution >= 0.6 is 0 Å². The number of benzene rings is 1. The van der Waals surface area contributed by atoms with Gasteiger partial charge in [0, 0.05) is 0 Å². The third kappa shape index (κ3) is 4.99. The van der Waals surface area contributed by atoms with Crippen LogP contribution in [0, 0.1) is 17.7 Å². The predicted octanol–water partition coefficient (Wildman–Crippen LogP) is 6.38. The molecule has 22 heavy (non-hydrogen) atoms. The molecule has 4 heteroatoms. The van der Waals surface area contributed by atoms with Crippen LogP contribution in [0.5, 0.6) is 0 Å². The molecule has 2 rings (SSSR count).